The number of fused-ring (bicyclic) bond motifs is 7. The van der Waals surface area contributed by atoms with Crippen LogP contribution in [-0.4, -0.2) is 16.7 Å². The third kappa shape index (κ3) is 6.68. The highest BCUT2D eigenvalue weighted by Crippen LogP contribution is 2.52. The number of aryl methyl sites for hydroxylation is 1. The van der Waals surface area contributed by atoms with Gasteiger partial charge in [0, 0.05) is 37.3 Å². The molecule has 0 fully saturated rings. The molecule has 0 amide bonds. The van der Waals surface area contributed by atoms with Gasteiger partial charge in [-0.25, -0.2) is 9.97 Å². The summed E-state index contributed by atoms with van der Waals surface area (Å²) in [4.78, 5) is 16.2. The van der Waals surface area contributed by atoms with Crippen LogP contribution in [0.4, 0.5) is 34.4 Å². The predicted octanol–water partition coefficient (Wildman–Crippen LogP) is 14.0. The summed E-state index contributed by atoms with van der Waals surface area (Å²) in [7, 11) is 0. The van der Waals surface area contributed by atoms with Gasteiger partial charge >= 0.3 is 0 Å². The molecule has 63 heavy (non-hydrogen) atoms. The van der Waals surface area contributed by atoms with Gasteiger partial charge < -0.3 is 0 Å². The van der Waals surface area contributed by atoms with Gasteiger partial charge in [-0.05, 0) is 122 Å². The lowest BCUT2D eigenvalue weighted by Gasteiger charge is -2.44. The Kier molecular flexibility index (Phi) is 9.22. The molecular formula is C57H63BN4S. The molecule has 0 spiro atoms. The van der Waals surface area contributed by atoms with E-state index in [2.05, 4.69) is 210 Å². The minimum Gasteiger partial charge on any atom is -0.295 e. The van der Waals surface area contributed by atoms with Crippen molar-refractivity contribution in [2.75, 3.05) is 9.80 Å². The second kappa shape index (κ2) is 13.9. The van der Waals surface area contributed by atoms with Gasteiger partial charge in [0.1, 0.15) is 17.5 Å². The SMILES string of the molecule is Cc1nc2c3c(n1)N(c1ccc4c(c1)C(C)(C)CCC4(C)C)c1c(sc4cc(C(C)(C)C)ccc14)B3c1ccc(C(C)(C)C)cc1N2c1ccc(C(C)(C)C)cc1-c1ccccc1. The highest BCUT2D eigenvalue weighted by molar-refractivity contribution is 7.33. The van der Waals surface area contributed by atoms with E-state index in [0.717, 1.165) is 29.6 Å². The number of hydrogen-bond acceptors (Lipinski definition) is 5. The van der Waals surface area contributed by atoms with Crippen LogP contribution in [0.25, 0.3) is 21.2 Å². The minimum absolute atomic E-state index is 0.0221. The third-order valence-corrected chi connectivity index (χ3v) is 15.7. The minimum atomic E-state index is -0.0592. The van der Waals surface area contributed by atoms with E-state index in [4.69, 9.17) is 9.97 Å². The molecule has 5 aromatic carbocycles. The molecule has 320 valence electrons. The molecule has 4 nitrogen and oxygen atoms in total. The number of benzene rings is 5. The van der Waals surface area contributed by atoms with Crippen LogP contribution in [0.1, 0.15) is 136 Å². The zero-order valence-corrected chi connectivity index (χ0v) is 40.8. The first kappa shape index (κ1) is 41.8. The highest BCUT2D eigenvalue weighted by Gasteiger charge is 2.48. The summed E-state index contributed by atoms with van der Waals surface area (Å²) in [6.45, 7) is 32.6. The summed E-state index contributed by atoms with van der Waals surface area (Å²) in [5, 5.41) is 1.28. The Morgan fingerprint density at radius 1 is 0.587 bits per heavy atom. The number of anilines is 6. The molecule has 4 heterocycles. The maximum atomic E-state index is 5.57. The van der Waals surface area contributed by atoms with Crippen LogP contribution in [0.3, 0.4) is 0 Å². The lowest BCUT2D eigenvalue weighted by molar-refractivity contribution is 0.332. The van der Waals surface area contributed by atoms with Crippen molar-refractivity contribution in [3.05, 3.63) is 137 Å². The lowest BCUT2D eigenvalue weighted by Crippen LogP contribution is -2.61. The first-order chi connectivity index (χ1) is 29.5. The predicted molar refractivity (Wildman–Crippen MR) is 273 cm³/mol. The fourth-order valence-electron chi connectivity index (χ4n) is 10.5. The van der Waals surface area contributed by atoms with Crippen molar-refractivity contribution in [3.8, 4) is 11.1 Å². The van der Waals surface area contributed by atoms with E-state index >= 15 is 0 Å². The van der Waals surface area contributed by atoms with Crippen molar-refractivity contribution in [1.29, 1.82) is 0 Å². The van der Waals surface area contributed by atoms with Gasteiger partial charge in [0.25, 0.3) is 6.71 Å². The zero-order chi connectivity index (χ0) is 44.8. The third-order valence-electron chi connectivity index (χ3n) is 14.5. The van der Waals surface area contributed by atoms with Crippen molar-refractivity contribution >= 4 is 78.2 Å². The van der Waals surface area contributed by atoms with Crippen LogP contribution in [0.15, 0.2) is 103 Å². The van der Waals surface area contributed by atoms with Gasteiger partial charge in [0.15, 0.2) is 0 Å². The monoisotopic (exact) mass is 846 g/mol. The Labute approximate surface area is 380 Å². The van der Waals surface area contributed by atoms with Crippen LogP contribution >= 0.6 is 11.3 Å². The standard InChI is InChI=1S/C57H63BN4S/c1-34-59-51-48-52(60-34)62(45-27-22-36(53(2,3)4)30-41(45)35-18-16-15-17-19-35)46-31-37(54(5,6)7)21-26-44(46)58(48)50-49(40-24-20-38(55(8,9)10)32-47(40)63-50)61(51)39-23-25-42-43(33-39)57(13,14)29-28-56(42,11)12/h15-27,30-33H,28-29H2,1-14H3. The molecule has 0 N–H and O–H groups in total. The van der Waals surface area contributed by atoms with E-state index < -0.39 is 0 Å². The average Bonchev–Trinajstić information content (AvgIpc) is 3.60. The molecule has 7 aromatic rings. The number of rotatable bonds is 3. The lowest BCUT2D eigenvalue weighted by atomic mass is 9.36. The van der Waals surface area contributed by atoms with Gasteiger partial charge in [-0.3, -0.25) is 9.80 Å². The summed E-state index contributed by atoms with van der Waals surface area (Å²) < 4.78 is 2.67. The summed E-state index contributed by atoms with van der Waals surface area (Å²) in [6.07, 6.45) is 2.34. The van der Waals surface area contributed by atoms with Crippen molar-refractivity contribution < 1.29 is 0 Å². The second-order valence-corrected chi connectivity index (χ2v) is 24.2. The second-order valence-electron chi connectivity index (χ2n) is 23.1. The van der Waals surface area contributed by atoms with Crippen LogP contribution in [0.5, 0.6) is 0 Å². The summed E-state index contributed by atoms with van der Waals surface area (Å²) in [5.74, 6) is 2.70. The first-order valence-corrected chi connectivity index (χ1v) is 23.9. The topological polar surface area (TPSA) is 32.3 Å². The molecule has 3 aliphatic rings. The summed E-state index contributed by atoms with van der Waals surface area (Å²) >= 11 is 1.96. The van der Waals surface area contributed by atoms with Gasteiger partial charge in [0.2, 0.25) is 0 Å². The van der Waals surface area contributed by atoms with E-state index in [9.17, 15) is 0 Å². The number of nitrogens with zero attached hydrogens (tertiary/aromatic N) is 4. The molecule has 6 heteroatoms. The molecule has 10 rings (SSSR count). The molecule has 0 radical (unpaired) electrons. The first-order valence-electron chi connectivity index (χ1n) is 23.1. The van der Waals surface area contributed by atoms with Crippen LogP contribution in [-0.2, 0) is 27.1 Å². The average molecular weight is 847 g/mol. The fraction of sp³-hybridized carbons (Fsp3) is 0.368. The molecule has 1 aliphatic carbocycles. The smallest absolute Gasteiger partial charge is 0.268 e. The number of aromatic nitrogens is 2. The Hall–Kier alpha value is -5.20. The Bertz CT molecular complexity index is 2990. The molecule has 2 aromatic heterocycles. The van der Waals surface area contributed by atoms with Crippen molar-refractivity contribution in [3.63, 3.8) is 0 Å². The quantitative estimate of drug-likeness (QED) is 0.166. The highest BCUT2D eigenvalue weighted by atomic mass is 32.1. The van der Waals surface area contributed by atoms with E-state index in [0.29, 0.717) is 0 Å². The van der Waals surface area contributed by atoms with Crippen molar-refractivity contribution in [2.45, 2.75) is 137 Å². The number of thiophene rings is 1. The van der Waals surface area contributed by atoms with Crippen LogP contribution in [0.2, 0.25) is 0 Å². The fourth-order valence-corrected chi connectivity index (χ4v) is 11.9. The summed E-state index contributed by atoms with van der Waals surface area (Å²) in [5.41, 5.74) is 16.5. The zero-order valence-electron chi connectivity index (χ0n) is 40.0. The molecule has 0 saturated heterocycles. The van der Waals surface area contributed by atoms with Crippen LogP contribution < -0.4 is 25.5 Å². The van der Waals surface area contributed by atoms with Gasteiger partial charge in [0.05, 0.1) is 11.4 Å². The molecular weight excluding hydrogens is 784 g/mol. The Morgan fingerprint density at radius 2 is 1.17 bits per heavy atom. The molecule has 2 aliphatic heterocycles. The van der Waals surface area contributed by atoms with Crippen LogP contribution in [0, 0.1) is 6.92 Å². The van der Waals surface area contributed by atoms with Crippen molar-refractivity contribution in [1.82, 2.24) is 9.97 Å². The van der Waals surface area contributed by atoms with Gasteiger partial charge in [-0.15, -0.1) is 11.3 Å². The maximum Gasteiger partial charge on any atom is 0.268 e. The van der Waals surface area contributed by atoms with E-state index in [1.54, 1.807) is 0 Å². The van der Waals surface area contributed by atoms with Gasteiger partial charge in [-0.1, -0.05) is 157 Å². The largest absolute Gasteiger partial charge is 0.295 e. The normalized spacial score (nSPS) is 16.4. The van der Waals surface area contributed by atoms with Crippen molar-refractivity contribution in [2.24, 2.45) is 0 Å². The van der Waals surface area contributed by atoms with E-state index in [1.807, 2.05) is 11.3 Å². The summed E-state index contributed by atoms with van der Waals surface area (Å²) in [6, 6.07) is 39.8. The molecule has 0 atom stereocenters. The maximum absolute atomic E-state index is 5.57. The van der Waals surface area contributed by atoms with Gasteiger partial charge in [-0.2, -0.15) is 0 Å². The van der Waals surface area contributed by atoms with E-state index in [-0.39, 0.29) is 33.8 Å². The Morgan fingerprint density at radius 3 is 1.84 bits per heavy atom. The van der Waals surface area contributed by atoms with E-state index in [1.165, 1.54) is 88.2 Å². The molecule has 0 saturated carbocycles. The number of hydrogen-bond donors (Lipinski definition) is 0. The Balaban J connectivity index is 1.33. The molecule has 0 unspecified atom stereocenters. The molecule has 0 bridgehead atoms.